The van der Waals surface area contributed by atoms with Gasteiger partial charge in [0, 0.05) is 32.6 Å². The second-order valence-electron chi connectivity index (χ2n) is 8.60. The molecule has 6 nitrogen and oxygen atoms in total. The van der Waals surface area contributed by atoms with E-state index in [-0.39, 0.29) is 11.8 Å². The lowest BCUT2D eigenvalue weighted by Gasteiger charge is -2.37. The van der Waals surface area contributed by atoms with Gasteiger partial charge in [-0.2, -0.15) is 0 Å². The van der Waals surface area contributed by atoms with Crippen LogP contribution in [0.15, 0.2) is 0 Å². The van der Waals surface area contributed by atoms with E-state index in [0.717, 1.165) is 64.6 Å². The first-order valence-corrected chi connectivity index (χ1v) is 11.8. The summed E-state index contributed by atoms with van der Waals surface area (Å²) in [4.78, 5) is 16.8. The van der Waals surface area contributed by atoms with Crippen LogP contribution in [0, 0.1) is 11.8 Å². The number of amides is 1. The molecular formula is C19H35N3O3S. The molecule has 1 saturated carbocycles. The maximum Gasteiger partial charge on any atom is 0.225 e. The standard InChI is InChI=1S/C19H35N3O3S/c1-20-12-9-16(10-13-20)14-21(2)26(24,25)18-8-5-11-22(15-18)19(23)17-6-3-4-7-17/h16-18H,3-15H2,1-2H3/t18-/m1/s1. The number of sulfonamides is 1. The third kappa shape index (κ3) is 4.60. The van der Waals surface area contributed by atoms with Crippen molar-refractivity contribution in [2.75, 3.05) is 46.8 Å². The van der Waals surface area contributed by atoms with Gasteiger partial charge in [0.25, 0.3) is 0 Å². The summed E-state index contributed by atoms with van der Waals surface area (Å²) in [5.74, 6) is 0.777. The van der Waals surface area contributed by atoms with E-state index in [1.807, 2.05) is 4.90 Å². The van der Waals surface area contributed by atoms with Crippen molar-refractivity contribution >= 4 is 15.9 Å². The number of nitrogens with zero attached hydrogens (tertiary/aromatic N) is 3. The number of piperidine rings is 2. The highest BCUT2D eigenvalue weighted by atomic mass is 32.2. The summed E-state index contributed by atoms with van der Waals surface area (Å²) in [6, 6.07) is 0. The molecule has 0 radical (unpaired) electrons. The molecule has 0 N–H and O–H groups in total. The summed E-state index contributed by atoms with van der Waals surface area (Å²) in [5, 5.41) is -0.433. The van der Waals surface area contributed by atoms with Gasteiger partial charge < -0.3 is 9.80 Å². The molecule has 0 spiro atoms. The Kier molecular flexibility index (Phi) is 6.62. The van der Waals surface area contributed by atoms with Gasteiger partial charge in [0.15, 0.2) is 0 Å². The van der Waals surface area contributed by atoms with Crippen molar-refractivity contribution < 1.29 is 13.2 Å². The molecular weight excluding hydrogens is 350 g/mol. The Morgan fingerprint density at radius 1 is 1.00 bits per heavy atom. The molecule has 150 valence electrons. The number of carbonyl (C=O) groups excluding carboxylic acids is 1. The highest BCUT2D eigenvalue weighted by Gasteiger charge is 2.38. The van der Waals surface area contributed by atoms with Crippen LogP contribution in [0.2, 0.25) is 0 Å². The van der Waals surface area contributed by atoms with Gasteiger partial charge in [-0.25, -0.2) is 12.7 Å². The Hall–Kier alpha value is -0.660. The summed E-state index contributed by atoms with van der Waals surface area (Å²) in [6.07, 6.45) is 7.81. The summed E-state index contributed by atoms with van der Waals surface area (Å²) >= 11 is 0. The first-order chi connectivity index (χ1) is 12.4. The van der Waals surface area contributed by atoms with Crippen LogP contribution in [0.5, 0.6) is 0 Å². The predicted molar refractivity (Wildman–Crippen MR) is 103 cm³/mol. The normalized spacial score (nSPS) is 27.3. The molecule has 1 amide bonds. The van der Waals surface area contributed by atoms with Crippen LogP contribution < -0.4 is 0 Å². The van der Waals surface area contributed by atoms with Crippen molar-refractivity contribution in [2.45, 2.75) is 56.6 Å². The monoisotopic (exact) mass is 385 g/mol. The van der Waals surface area contributed by atoms with Crippen LogP contribution in [-0.2, 0) is 14.8 Å². The van der Waals surface area contributed by atoms with E-state index >= 15 is 0 Å². The third-order valence-electron chi connectivity index (χ3n) is 6.60. The van der Waals surface area contributed by atoms with Crippen LogP contribution in [-0.4, -0.2) is 80.5 Å². The molecule has 0 unspecified atom stereocenters. The fourth-order valence-corrected chi connectivity index (χ4v) is 6.54. The number of likely N-dealkylation sites (tertiary alicyclic amines) is 2. The fraction of sp³-hybridized carbons (Fsp3) is 0.947. The van der Waals surface area contributed by atoms with Gasteiger partial charge in [0.05, 0.1) is 5.25 Å². The van der Waals surface area contributed by atoms with Crippen LogP contribution in [0.4, 0.5) is 0 Å². The van der Waals surface area contributed by atoms with Crippen molar-refractivity contribution in [3.8, 4) is 0 Å². The van der Waals surface area contributed by atoms with Gasteiger partial charge in [-0.1, -0.05) is 12.8 Å². The number of rotatable bonds is 5. The van der Waals surface area contributed by atoms with Gasteiger partial charge in [-0.05, 0) is 64.6 Å². The summed E-state index contributed by atoms with van der Waals surface area (Å²) in [7, 11) is 0.508. The summed E-state index contributed by atoms with van der Waals surface area (Å²) in [5.41, 5.74) is 0. The zero-order valence-electron chi connectivity index (χ0n) is 16.4. The summed E-state index contributed by atoms with van der Waals surface area (Å²) in [6.45, 7) is 3.82. The Labute approximate surface area is 158 Å². The second kappa shape index (κ2) is 8.57. The molecule has 0 bridgehead atoms. The lowest BCUT2D eigenvalue weighted by atomic mass is 9.97. The Balaban J connectivity index is 1.57. The molecule has 1 atom stereocenters. The molecule has 7 heteroatoms. The first-order valence-electron chi connectivity index (χ1n) is 10.3. The number of hydrogen-bond acceptors (Lipinski definition) is 4. The van der Waals surface area contributed by atoms with Gasteiger partial charge in [0.2, 0.25) is 15.9 Å². The highest BCUT2D eigenvalue weighted by Crippen LogP contribution is 2.29. The Bertz CT molecular complexity index is 581. The molecule has 3 fully saturated rings. The van der Waals surface area contributed by atoms with E-state index in [4.69, 9.17) is 0 Å². The van der Waals surface area contributed by atoms with Crippen LogP contribution in [0.25, 0.3) is 0 Å². The zero-order valence-corrected chi connectivity index (χ0v) is 17.2. The SMILES string of the molecule is CN1CCC(CN(C)S(=O)(=O)[C@@H]2CCCN(C(=O)C3CCCC3)C2)CC1. The van der Waals surface area contributed by atoms with Crippen molar-refractivity contribution in [3.05, 3.63) is 0 Å². The van der Waals surface area contributed by atoms with Gasteiger partial charge in [-0.3, -0.25) is 4.79 Å². The second-order valence-corrected chi connectivity index (χ2v) is 10.9. The van der Waals surface area contributed by atoms with E-state index in [9.17, 15) is 13.2 Å². The van der Waals surface area contributed by atoms with Crippen LogP contribution in [0.1, 0.15) is 51.4 Å². The third-order valence-corrected chi connectivity index (χ3v) is 8.85. The minimum atomic E-state index is -3.34. The maximum atomic E-state index is 13.1. The molecule has 3 aliphatic rings. The molecule has 3 rings (SSSR count). The Morgan fingerprint density at radius 2 is 1.65 bits per heavy atom. The minimum Gasteiger partial charge on any atom is -0.341 e. The lowest BCUT2D eigenvalue weighted by Crippen LogP contribution is -2.50. The largest absolute Gasteiger partial charge is 0.341 e. The van der Waals surface area contributed by atoms with E-state index < -0.39 is 15.3 Å². The van der Waals surface area contributed by atoms with E-state index in [0.29, 0.717) is 25.4 Å². The minimum absolute atomic E-state index is 0.133. The quantitative estimate of drug-likeness (QED) is 0.724. The molecule has 2 heterocycles. The smallest absolute Gasteiger partial charge is 0.225 e. The van der Waals surface area contributed by atoms with Crippen molar-refractivity contribution in [3.63, 3.8) is 0 Å². The molecule has 1 aliphatic carbocycles. The van der Waals surface area contributed by atoms with Gasteiger partial charge in [-0.15, -0.1) is 0 Å². The van der Waals surface area contributed by atoms with Gasteiger partial charge >= 0.3 is 0 Å². The van der Waals surface area contributed by atoms with Gasteiger partial charge in [0.1, 0.15) is 0 Å². The molecule has 0 aromatic carbocycles. The number of carbonyl (C=O) groups is 1. The average Bonchev–Trinajstić information content (AvgIpc) is 3.17. The molecule has 0 aromatic heterocycles. The Morgan fingerprint density at radius 3 is 2.31 bits per heavy atom. The van der Waals surface area contributed by atoms with Crippen LogP contribution >= 0.6 is 0 Å². The van der Waals surface area contributed by atoms with Crippen molar-refractivity contribution in [1.82, 2.24) is 14.1 Å². The average molecular weight is 386 g/mol. The van der Waals surface area contributed by atoms with E-state index in [1.165, 1.54) is 0 Å². The van der Waals surface area contributed by atoms with E-state index in [2.05, 4.69) is 11.9 Å². The predicted octanol–water partition coefficient (Wildman–Crippen LogP) is 1.77. The lowest BCUT2D eigenvalue weighted by molar-refractivity contribution is -0.136. The fourth-order valence-electron chi connectivity index (χ4n) is 4.78. The first kappa shape index (κ1) is 20.1. The van der Waals surface area contributed by atoms with Crippen molar-refractivity contribution in [2.24, 2.45) is 11.8 Å². The molecule has 26 heavy (non-hydrogen) atoms. The molecule has 0 aromatic rings. The highest BCUT2D eigenvalue weighted by molar-refractivity contribution is 7.89. The van der Waals surface area contributed by atoms with Crippen LogP contribution in [0.3, 0.4) is 0 Å². The summed E-state index contributed by atoms with van der Waals surface area (Å²) < 4.78 is 27.8. The van der Waals surface area contributed by atoms with Crippen molar-refractivity contribution in [1.29, 1.82) is 0 Å². The molecule has 2 saturated heterocycles. The van der Waals surface area contributed by atoms with E-state index in [1.54, 1.807) is 11.4 Å². The number of hydrogen-bond donors (Lipinski definition) is 0. The topological polar surface area (TPSA) is 60.9 Å². The zero-order chi connectivity index (χ0) is 18.7. The molecule has 2 aliphatic heterocycles. The maximum absolute atomic E-state index is 13.1.